The molecule has 1 aliphatic rings. The third kappa shape index (κ3) is 2.69. The normalized spacial score (nSPS) is 17.5. The summed E-state index contributed by atoms with van der Waals surface area (Å²) in [6.07, 6.45) is 4.46. The molecule has 3 nitrogen and oxygen atoms in total. The topological polar surface area (TPSA) is 34.1 Å². The van der Waals surface area contributed by atoms with Crippen molar-refractivity contribution in [3.8, 4) is 0 Å². The molecule has 1 fully saturated rings. The Morgan fingerprint density at radius 2 is 2.40 bits per heavy atom. The summed E-state index contributed by atoms with van der Waals surface area (Å²) >= 11 is 0. The Balaban J connectivity index is 2.02. The van der Waals surface area contributed by atoms with Crippen LogP contribution >= 0.6 is 0 Å². The zero-order chi connectivity index (χ0) is 10.7. The lowest BCUT2D eigenvalue weighted by atomic mass is 10.2. The molecule has 0 radical (unpaired) electrons. The Kier molecular flexibility index (Phi) is 3.21. The Hall–Kier alpha value is -1.09. The smallest absolute Gasteiger partial charge is 0.0666 e. The maximum Gasteiger partial charge on any atom is 0.0666 e. The molecular formula is C12H18N2O. The van der Waals surface area contributed by atoms with Gasteiger partial charge in [-0.25, -0.2) is 0 Å². The minimum absolute atomic E-state index is 0.442. The van der Waals surface area contributed by atoms with E-state index >= 15 is 0 Å². The number of methoxy groups -OCH3 is 1. The Bertz CT molecular complexity index is 323. The Morgan fingerprint density at radius 3 is 3.00 bits per heavy atom. The molecule has 0 amide bonds. The van der Waals surface area contributed by atoms with Crippen LogP contribution in [0.5, 0.6) is 0 Å². The maximum atomic E-state index is 5.23. The molecule has 1 aromatic heterocycles. The van der Waals surface area contributed by atoms with Crippen molar-refractivity contribution in [3.63, 3.8) is 0 Å². The lowest BCUT2D eigenvalue weighted by Crippen LogP contribution is -2.27. The fourth-order valence-corrected chi connectivity index (χ4v) is 1.81. The van der Waals surface area contributed by atoms with Gasteiger partial charge in [0.05, 0.1) is 24.0 Å². The Morgan fingerprint density at radius 1 is 1.60 bits per heavy atom. The third-order valence-electron chi connectivity index (χ3n) is 2.89. The van der Waals surface area contributed by atoms with Gasteiger partial charge in [-0.3, -0.25) is 4.98 Å². The van der Waals surface area contributed by atoms with E-state index in [1.54, 1.807) is 7.11 Å². The van der Waals surface area contributed by atoms with Gasteiger partial charge in [-0.05, 0) is 37.8 Å². The van der Waals surface area contributed by atoms with E-state index in [0.717, 1.165) is 23.9 Å². The van der Waals surface area contributed by atoms with Crippen LogP contribution in [0.4, 0.5) is 5.69 Å². The molecular weight excluding hydrogens is 188 g/mol. The molecule has 2 rings (SSSR count). The summed E-state index contributed by atoms with van der Waals surface area (Å²) in [6.45, 7) is 2.80. The van der Waals surface area contributed by atoms with Gasteiger partial charge >= 0.3 is 0 Å². The highest BCUT2D eigenvalue weighted by Gasteiger charge is 2.31. The number of pyridine rings is 1. The molecule has 1 aromatic rings. The van der Waals surface area contributed by atoms with E-state index in [9.17, 15) is 0 Å². The minimum atomic E-state index is 0.442. The van der Waals surface area contributed by atoms with Gasteiger partial charge in [0.1, 0.15) is 0 Å². The van der Waals surface area contributed by atoms with E-state index in [2.05, 4.69) is 16.4 Å². The molecule has 0 saturated heterocycles. The van der Waals surface area contributed by atoms with Crippen LogP contribution in [0.15, 0.2) is 18.3 Å². The summed E-state index contributed by atoms with van der Waals surface area (Å²) < 4.78 is 5.23. The molecule has 82 valence electrons. The third-order valence-corrected chi connectivity index (χ3v) is 2.89. The van der Waals surface area contributed by atoms with E-state index in [0.29, 0.717) is 6.04 Å². The highest BCUT2D eigenvalue weighted by atomic mass is 16.5. The molecule has 1 heterocycles. The molecule has 1 atom stereocenters. The first kappa shape index (κ1) is 10.4. The quantitative estimate of drug-likeness (QED) is 0.802. The second-order valence-corrected chi connectivity index (χ2v) is 4.18. The lowest BCUT2D eigenvalue weighted by molar-refractivity contribution is 0.179. The number of aromatic nitrogens is 1. The van der Waals surface area contributed by atoms with E-state index in [4.69, 9.17) is 4.74 Å². The van der Waals surface area contributed by atoms with Crippen molar-refractivity contribution in [1.29, 1.82) is 0 Å². The van der Waals surface area contributed by atoms with Crippen molar-refractivity contribution in [1.82, 2.24) is 4.98 Å². The fourth-order valence-electron chi connectivity index (χ4n) is 1.81. The van der Waals surface area contributed by atoms with Crippen LogP contribution in [0.25, 0.3) is 0 Å². The number of nitrogens with one attached hydrogen (secondary N) is 1. The number of rotatable bonds is 5. The SMILES string of the molecule is COCC(Nc1cccnc1C)C1CC1. The average molecular weight is 206 g/mol. The van der Waals surface area contributed by atoms with E-state index in [1.807, 2.05) is 19.2 Å². The molecule has 1 aliphatic carbocycles. The van der Waals surface area contributed by atoms with Crippen molar-refractivity contribution in [3.05, 3.63) is 24.0 Å². The van der Waals surface area contributed by atoms with E-state index in [1.165, 1.54) is 12.8 Å². The zero-order valence-corrected chi connectivity index (χ0v) is 9.36. The predicted octanol–water partition coefficient (Wildman–Crippen LogP) is 2.23. The van der Waals surface area contributed by atoms with E-state index in [-0.39, 0.29) is 0 Å². The van der Waals surface area contributed by atoms with Gasteiger partial charge in [-0.15, -0.1) is 0 Å². The highest BCUT2D eigenvalue weighted by Crippen LogP contribution is 2.34. The highest BCUT2D eigenvalue weighted by molar-refractivity contribution is 5.47. The van der Waals surface area contributed by atoms with Crippen molar-refractivity contribution >= 4 is 5.69 Å². The number of anilines is 1. The summed E-state index contributed by atoms with van der Waals surface area (Å²) in [4.78, 5) is 4.27. The molecule has 1 saturated carbocycles. The number of hydrogen-bond donors (Lipinski definition) is 1. The van der Waals surface area contributed by atoms with Crippen molar-refractivity contribution in [2.75, 3.05) is 19.0 Å². The minimum Gasteiger partial charge on any atom is -0.383 e. The van der Waals surface area contributed by atoms with Crippen molar-refractivity contribution in [2.45, 2.75) is 25.8 Å². The van der Waals surface area contributed by atoms with Crippen LogP contribution in [0.3, 0.4) is 0 Å². The fraction of sp³-hybridized carbons (Fsp3) is 0.583. The van der Waals surface area contributed by atoms with Gasteiger partial charge in [0.15, 0.2) is 0 Å². The monoisotopic (exact) mass is 206 g/mol. The molecule has 1 N–H and O–H groups in total. The summed E-state index contributed by atoms with van der Waals surface area (Å²) in [5.74, 6) is 0.782. The number of hydrogen-bond acceptors (Lipinski definition) is 3. The maximum absolute atomic E-state index is 5.23. The van der Waals surface area contributed by atoms with Crippen LogP contribution in [-0.4, -0.2) is 24.7 Å². The zero-order valence-electron chi connectivity index (χ0n) is 9.36. The predicted molar refractivity (Wildman–Crippen MR) is 61.0 cm³/mol. The van der Waals surface area contributed by atoms with Gasteiger partial charge in [0, 0.05) is 13.3 Å². The summed E-state index contributed by atoms with van der Waals surface area (Å²) in [6, 6.07) is 4.48. The van der Waals surface area contributed by atoms with Crippen molar-refractivity contribution < 1.29 is 4.74 Å². The molecule has 0 spiro atoms. The van der Waals surface area contributed by atoms with Gasteiger partial charge in [0.2, 0.25) is 0 Å². The molecule has 1 unspecified atom stereocenters. The van der Waals surface area contributed by atoms with Crippen LogP contribution in [0, 0.1) is 12.8 Å². The van der Waals surface area contributed by atoms with Crippen LogP contribution in [-0.2, 0) is 4.74 Å². The molecule has 3 heteroatoms. The second kappa shape index (κ2) is 4.62. The molecule has 0 aliphatic heterocycles. The second-order valence-electron chi connectivity index (χ2n) is 4.18. The largest absolute Gasteiger partial charge is 0.383 e. The first-order valence-electron chi connectivity index (χ1n) is 5.48. The van der Waals surface area contributed by atoms with Crippen LogP contribution < -0.4 is 5.32 Å². The van der Waals surface area contributed by atoms with Gasteiger partial charge in [-0.2, -0.15) is 0 Å². The van der Waals surface area contributed by atoms with Crippen molar-refractivity contribution in [2.24, 2.45) is 5.92 Å². The number of nitrogens with zero attached hydrogens (tertiary/aromatic N) is 1. The van der Waals surface area contributed by atoms with Gasteiger partial charge in [-0.1, -0.05) is 0 Å². The summed E-state index contributed by atoms with van der Waals surface area (Å²) in [5, 5.41) is 3.52. The molecule has 15 heavy (non-hydrogen) atoms. The molecule has 0 bridgehead atoms. The number of ether oxygens (including phenoxy) is 1. The number of aryl methyl sites for hydroxylation is 1. The first-order valence-corrected chi connectivity index (χ1v) is 5.48. The van der Waals surface area contributed by atoms with Crippen LogP contribution in [0.1, 0.15) is 18.5 Å². The van der Waals surface area contributed by atoms with Gasteiger partial charge < -0.3 is 10.1 Å². The standard InChI is InChI=1S/C12H18N2O/c1-9-11(4-3-7-13-9)14-12(8-15-2)10-5-6-10/h3-4,7,10,12,14H,5-6,8H2,1-2H3. The average Bonchev–Trinajstić information content (AvgIpc) is 3.04. The Labute approximate surface area is 90.9 Å². The van der Waals surface area contributed by atoms with E-state index < -0.39 is 0 Å². The molecule has 0 aromatic carbocycles. The van der Waals surface area contributed by atoms with Gasteiger partial charge in [0.25, 0.3) is 0 Å². The first-order chi connectivity index (χ1) is 7.31. The summed E-state index contributed by atoms with van der Waals surface area (Å²) in [5.41, 5.74) is 2.19. The summed E-state index contributed by atoms with van der Waals surface area (Å²) in [7, 11) is 1.76. The van der Waals surface area contributed by atoms with Crippen LogP contribution in [0.2, 0.25) is 0 Å². The lowest BCUT2D eigenvalue weighted by Gasteiger charge is -2.19.